The maximum Gasteiger partial charge on any atom is 0.306 e. The Bertz CT molecular complexity index is 1350. The largest absolute Gasteiger partial charge is 0.454 e. The molecule has 0 aromatic rings. The molecule has 1 heterocycles. The summed E-state index contributed by atoms with van der Waals surface area (Å²) in [5.41, 5.74) is 0. The van der Waals surface area contributed by atoms with Crippen molar-refractivity contribution < 1.29 is 49.3 Å². The summed E-state index contributed by atoms with van der Waals surface area (Å²) in [6.07, 6.45) is 45.6. The SMILES string of the molecule is CC/C=C/C=C/C=C\C=C/CCCCC(O)C(=O)NC(COC1OC(CO)C(O)C(O)C1OC(=O)CCCCCCCCCCCCCCCCC)C(O)/C=C/CCCCCCCCCCCCC. The Morgan fingerprint density at radius 2 is 1.04 bits per heavy atom. The third-order valence-electron chi connectivity index (χ3n) is 13.0. The van der Waals surface area contributed by atoms with Gasteiger partial charge in [-0.05, 0) is 44.9 Å². The van der Waals surface area contributed by atoms with Crippen LogP contribution in [-0.4, -0.2) is 99.6 Å². The Morgan fingerprint density at radius 3 is 1.57 bits per heavy atom. The zero-order chi connectivity index (χ0) is 50.4. The molecule has 1 aliphatic heterocycles. The van der Waals surface area contributed by atoms with Crippen molar-refractivity contribution >= 4 is 11.9 Å². The van der Waals surface area contributed by atoms with E-state index in [1.54, 1.807) is 6.08 Å². The number of rotatable bonds is 46. The van der Waals surface area contributed by atoms with Gasteiger partial charge in [0.2, 0.25) is 5.91 Å². The lowest BCUT2D eigenvalue weighted by Gasteiger charge is -2.41. The van der Waals surface area contributed by atoms with Crippen molar-refractivity contribution in [2.24, 2.45) is 0 Å². The quantitative estimate of drug-likeness (QED) is 0.0149. The zero-order valence-corrected chi connectivity index (χ0v) is 43.9. The first-order valence-electron chi connectivity index (χ1n) is 28.1. The minimum atomic E-state index is -1.62. The summed E-state index contributed by atoms with van der Waals surface area (Å²) in [6, 6.07) is -1.04. The number of amides is 1. The standard InChI is InChI=1S/C58H103NO10/c1-4-7-10-13-16-19-22-25-26-28-31-34-37-40-43-46-53(63)69-56-55(65)54(64)52(47-60)68-58(56)67-48-49(50(61)44-41-38-35-32-30-27-23-20-17-14-11-8-5-2)59-57(66)51(62)45-42-39-36-33-29-24-21-18-15-12-9-6-3/h9,12,15,18,21,24,29,33,41,44,49-52,54-56,58,60-62,64-65H,4-8,10-11,13-14,16-17,19-20,22-23,25-28,30-32,34-40,42-43,45-48H2,1-3H3,(H,59,66)/b12-9+,18-15+,24-21-,33-29-,44-41+. The fourth-order valence-corrected chi connectivity index (χ4v) is 8.54. The molecule has 0 bridgehead atoms. The van der Waals surface area contributed by atoms with Gasteiger partial charge in [0.1, 0.15) is 24.4 Å². The average molecular weight is 974 g/mol. The van der Waals surface area contributed by atoms with E-state index >= 15 is 0 Å². The smallest absolute Gasteiger partial charge is 0.306 e. The van der Waals surface area contributed by atoms with Gasteiger partial charge in [-0.1, -0.05) is 242 Å². The number of aliphatic hydroxyl groups is 5. The van der Waals surface area contributed by atoms with Crippen LogP contribution in [0.3, 0.4) is 0 Å². The number of hydrogen-bond acceptors (Lipinski definition) is 10. The molecule has 8 unspecified atom stereocenters. The molecule has 0 spiro atoms. The van der Waals surface area contributed by atoms with Crippen molar-refractivity contribution in [3.8, 4) is 0 Å². The number of unbranched alkanes of at least 4 members (excludes halogenated alkanes) is 27. The third-order valence-corrected chi connectivity index (χ3v) is 13.0. The number of aliphatic hydroxyl groups excluding tert-OH is 5. The Hall–Kier alpha value is -2.64. The minimum absolute atomic E-state index is 0.120. The molecule has 0 aliphatic carbocycles. The van der Waals surface area contributed by atoms with Crippen LogP contribution < -0.4 is 5.32 Å². The normalized spacial score (nSPS) is 20.3. The van der Waals surface area contributed by atoms with E-state index in [9.17, 15) is 35.1 Å². The van der Waals surface area contributed by atoms with Crippen LogP contribution >= 0.6 is 0 Å². The molecule has 400 valence electrons. The van der Waals surface area contributed by atoms with E-state index in [4.69, 9.17) is 14.2 Å². The molecule has 11 heteroatoms. The molecule has 0 aromatic carbocycles. The summed E-state index contributed by atoms with van der Waals surface area (Å²) in [4.78, 5) is 26.4. The first-order valence-corrected chi connectivity index (χ1v) is 28.1. The molecule has 69 heavy (non-hydrogen) atoms. The van der Waals surface area contributed by atoms with E-state index in [2.05, 4.69) is 32.2 Å². The fraction of sp³-hybridized carbons (Fsp3) is 0.793. The molecular weight excluding hydrogens is 871 g/mol. The second kappa shape index (κ2) is 46.4. The highest BCUT2D eigenvalue weighted by Gasteiger charge is 2.47. The maximum absolute atomic E-state index is 13.3. The van der Waals surface area contributed by atoms with E-state index in [1.165, 1.54) is 128 Å². The highest BCUT2D eigenvalue weighted by atomic mass is 16.7. The lowest BCUT2D eigenvalue weighted by Crippen LogP contribution is -2.61. The van der Waals surface area contributed by atoms with Gasteiger partial charge in [-0.25, -0.2) is 0 Å². The summed E-state index contributed by atoms with van der Waals surface area (Å²) in [5, 5.41) is 56.7. The van der Waals surface area contributed by atoms with Crippen LogP contribution in [0.15, 0.2) is 60.8 Å². The van der Waals surface area contributed by atoms with Gasteiger partial charge in [0, 0.05) is 6.42 Å². The Kier molecular flexibility index (Phi) is 43.3. The molecule has 11 nitrogen and oxygen atoms in total. The van der Waals surface area contributed by atoms with Crippen LogP contribution in [0.5, 0.6) is 0 Å². The van der Waals surface area contributed by atoms with Gasteiger partial charge in [0.05, 0.1) is 25.4 Å². The summed E-state index contributed by atoms with van der Waals surface area (Å²) in [6.45, 7) is 5.61. The highest BCUT2D eigenvalue weighted by molar-refractivity contribution is 5.80. The van der Waals surface area contributed by atoms with E-state index in [-0.39, 0.29) is 19.4 Å². The first-order chi connectivity index (χ1) is 33.7. The third kappa shape index (κ3) is 35.2. The van der Waals surface area contributed by atoms with Crippen LogP contribution in [0.1, 0.15) is 233 Å². The van der Waals surface area contributed by atoms with E-state index in [0.717, 1.165) is 57.8 Å². The van der Waals surface area contributed by atoms with Crippen molar-refractivity contribution in [2.75, 3.05) is 13.2 Å². The predicted molar refractivity (Wildman–Crippen MR) is 283 cm³/mol. The number of carbonyl (C=O) groups excluding carboxylic acids is 2. The number of hydrogen-bond donors (Lipinski definition) is 6. The van der Waals surface area contributed by atoms with Crippen LogP contribution in [0, 0.1) is 0 Å². The topological polar surface area (TPSA) is 175 Å². The lowest BCUT2D eigenvalue weighted by atomic mass is 9.99. The first kappa shape index (κ1) is 64.4. The van der Waals surface area contributed by atoms with Crippen molar-refractivity contribution in [2.45, 2.75) is 282 Å². The van der Waals surface area contributed by atoms with E-state index in [1.807, 2.05) is 48.6 Å². The van der Waals surface area contributed by atoms with Crippen molar-refractivity contribution in [3.05, 3.63) is 60.8 Å². The molecule has 6 N–H and O–H groups in total. The molecule has 1 saturated heterocycles. The molecule has 1 rings (SSSR count). The van der Waals surface area contributed by atoms with Gasteiger partial charge >= 0.3 is 5.97 Å². The van der Waals surface area contributed by atoms with Gasteiger partial charge in [0.25, 0.3) is 0 Å². The van der Waals surface area contributed by atoms with Crippen LogP contribution in [0.25, 0.3) is 0 Å². The number of carbonyl (C=O) groups is 2. The number of allylic oxidation sites excluding steroid dienone is 9. The summed E-state index contributed by atoms with van der Waals surface area (Å²) in [5.74, 6) is -1.23. The molecule has 1 amide bonds. The van der Waals surface area contributed by atoms with Crippen molar-refractivity contribution in [1.82, 2.24) is 5.32 Å². The van der Waals surface area contributed by atoms with Crippen LogP contribution in [0.4, 0.5) is 0 Å². The lowest BCUT2D eigenvalue weighted by molar-refractivity contribution is -0.305. The average Bonchev–Trinajstić information content (AvgIpc) is 3.34. The fourth-order valence-electron chi connectivity index (χ4n) is 8.54. The summed E-state index contributed by atoms with van der Waals surface area (Å²) in [7, 11) is 0. The highest BCUT2D eigenvalue weighted by Crippen LogP contribution is 2.26. The molecular formula is C58H103NO10. The van der Waals surface area contributed by atoms with Crippen LogP contribution in [0.2, 0.25) is 0 Å². The molecule has 1 fully saturated rings. The van der Waals surface area contributed by atoms with E-state index < -0.39 is 67.4 Å². The summed E-state index contributed by atoms with van der Waals surface area (Å²) >= 11 is 0. The maximum atomic E-state index is 13.3. The molecule has 0 aromatic heterocycles. The van der Waals surface area contributed by atoms with Crippen molar-refractivity contribution in [1.29, 1.82) is 0 Å². The van der Waals surface area contributed by atoms with Gasteiger partial charge in [-0.15, -0.1) is 0 Å². The monoisotopic (exact) mass is 974 g/mol. The van der Waals surface area contributed by atoms with Crippen LogP contribution in [-0.2, 0) is 23.8 Å². The Balaban J connectivity index is 2.77. The molecule has 0 saturated carbocycles. The Labute approximate surface area is 420 Å². The van der Waals surface area contributed by atoms with Gasteiger partial charge in [-0.2, -0.15) is 0 Å². The summed E-state index contributed by atoms with van der Waals surface area (Å²) < 4.78 is 17.5. The number of ether oxygens (including phenoxy) is 3. The Morgan fingerprint density at radius 1 is 0.580 bits per heavy atom. The minimum Gasteiger partial charge on any atom is -0.454 e. The second-order valence-corrected chi connectivity index (χ2v) is 19.4. The predicted octanol–water partition coefficient (Wildman–Crippen LogP) is 12.3. The van der Waals surface area contributed by atoms with E-state index in [0.29, 0.717) is 12.8 Å². The van der Waals surface area contributed by atoms with Gasteiger partial charge < -0.3 is 45.1 Å². The zero-order valence-electron chi connectivity index (χ0n) is 43.9. The molecule has 8 atom stereocenters. The van der Waals surface area contributed by atoms with Gasteiger partial charge in [0.15, 0.2) is 12.4 Å². The number of nitrogens with one attached hydrogen (secondary N) is 1. The molecule has 0 radical (unpaired) electrons. The van der Waals surface area contributed by atoms with Gasteiger partial charge in [-0.3, -0.25) is 9.59 Å². The molecule has 1 aliphatic rings. The van der Waals surface area contributed by atoms with Crippen molar-refractivity contribution in [3.63, 3.8) is 0 Å². The second-order valence-electron chi connectivity index (χ2n) is 19.4. The number of esters is 1.